The summed E-state index contributed by atoms with van der Waals surface area (Å²) < 4.78 is 0. The summed E-state index contributed by atoms with van der Waals surface area (Å²) in [6.07, 6.45) is 10.1. The van der Waals surface area contributed by atoms with E-state index in [4.69, 9.17) is 0 Å². The van der Waals surface area contributed by atoms with Crippen LogP contribution in [0.25, 0.3) is 0 Å². The third kappa shape index (κ3) is 4.78. The molecule has 0 aromatic carbocycles. The zero-order valence-electron chi connectivity index (χ0n) is 9.67. The molecule has 0 spiro atoms. The largest absolute Gasteiger partial charge is 0.264 e. The zero-order chi connectivity index (χ0) is 11.1. The summed E-state index contributed by atoms with van der Waals surface area (Å²) in [6, 6.07) is 2.16. The molecular weight excluding hydrogens is 250 g/mol. The van der Waals surface area contributed by atoms with Gasteiger partial charge in [-0.05, 0) is 42.9 Å². The van der Waals surface area contributed by atoms with Crippen molar-refractivity contribution < 1.29 is 0 Å². The monoisotopic (exact) mass is 269 g/mol. The van der Waals surface area contributed by atoms with Crippen molar-refractivity contribution in [3.8, 4) is 0 Å². The lowest BCUT2D eigenvalue weighted by molar-refractivity contribution is 0.677. The Balaban J connectivity index is 2.36. The SMILES string of the molecule is CCc1cnccc1CCCCC(C)Br. The van der Waals surface area contributed by atoms with E-state index in [1.807, 2.05) is 12.4 Å². The van der Waals surface area contributed by atoms with Crippen molar-refractivity contribution in [3.63, 3.8) is 0 Å². The first-order valence-corrected chi connectivity index (χ1v) is 6.71. The first kappa shape index (κ1) is 12.7. The molecule has 1 rings (SSSR count). The maximum Gasteiger partial charge on any atom is 0.0302 e. The van der Waals surface area contributed by atoms with Gasteiger partial charge in [-0.1, -0.05) is 36.2 Å². The van der Waals surface area contributed by atoms with E-state index in [1.165, 1.54) is 36.8 Å². The summed E-state index contributed by atoms with van der Waals surface area (Å²) in [5, 5.41) is 0. The van der Waals surface area contributed by atoms with Gasteiger partial charge in [0.25, 0.3) is 0 Å². The summed E-state index contributed by atoms with van der Waals surface area (Å²) >= 11 is 3.58. The molecule has 1 heterocycles. The molecule has 0 aliphatic heterocycles. The molecule has 0 aliphatic carbocycles. The van der Waals surface area contributed by atoms with Gasteiger partial charge in [-0.3, -0.25) is 4.98 Å². The van der Waals surface area contributed by atoms with Crippen LogP contribution in [-0.2, 0) is 12.8 Å². The first-order chi connectivity index (χ1) is 7.24. The molecular formula is C13H20BrN. The summed E-state index contributed by atoms with van der Waals surface area (Å²) in [5.74, 6) is 0. The Morgan fingerprint density at radius 1 is 1.33 bits per heavy atom. The van der Waals surface area contributed by atoms with Crippen LogP contribution in [0.2, 0.25) is 0 Å². The average molecular weight is 270 g/mol. The third-order valence-corrected chi connectivity index (χ3v) is 3.14. The second-order valence-corrected chi connectivity index (χ2v) is 5.59. The van der Waals surface area contributed by atoms with Gasteiger partial charge in [0.1, 0.15) is 0 Å². The Morgan fingerprint density at radius 3 is 2.80 bits per heavy atom. The number of hydrogen-bond donors (Lipinski definition) is 0. The first-order valence-electron chi connectivity index (χ1n) is 5.80. The second kappa shape index (κ2) is 7.00. The minimum atomic E-state index is 0.653. The Kier molecular flexibility index (Phi) is 5.92. The molecule has 0 bridgehead atoms. The van der Waals surface area contributed by atoms with Gasteiger partial charge in [0, 0.05) is 17.2 Å². The van der Waals surface area contributed by atoms with Gasteiger partial charge in [0.05, 0.1) is 0 Å². The molecule has 84 valence electrons. The fourth-order valence-corrected chi connectivity index (χ4v) is 2.08. The van der Waals surface area contributed by atoms with E-state index in [2.05, 4.69) is 40.8 Å². The van der Waals surface area contributed by atoms with E-state index in [9.17, 15) is 0 Å². The van der Waals surface area contributed by atoms with Gasteiger partial charge in [-0.2, -0.15) is 0 Å². The maximum atomic E-state index is 4.17. The van der Waals surface area contributed by atoms with Crippen LogP contribution < -0.4 is 0 Å². The number of pyridine rings is 1. The van der Waals surface area contributed by atoms with Crippen LogP contribution in [0, 0.1) is 0 Å². The van der Waals surface area contributed by atoms with Crippen molar-refractivity contribution >= 4 is 15.9 Å². The van der Waals surface area contributed by atoms with E-state index in [1.54, 1.807) is 0 Å². The quantitative estimate of drug-likeness (QED) is 0.559. The standard InChI is InChI=1S/C13H20BrN/c1-3-12-10-15-9-8-13(12)7-5-4-6-11(2)14/h8-11H,3-7H2,1-2H3. The smallest absolute Gasteiger partial charge is 0.0302 e. The van der Waals surface area contributed by atoms with Crippen LogP contribution in [0.1, 0.15) is 44.2 Å². The number of alkyl halides is 1. The molecule has 1 aromatic rings. The predicted octanol–water partition coefficient (Wildman–Crippen LogP) is 4.14. The highest BCUT2D eigenvalue weighted by atomic mass is 79.9. The van der Waals surface area contributed by atoms with Gasteiger partial charge in [0.15, 0.2) is 0 Å². The summed E-state index contributed by atoms with van der Waals surface area (Å²) in [4.78, 5) is 4.82. The Labute approximate surface area is 101 Å². The highest BCUT2D eigenvalue weighted by molar-refractivity contribution is 9.09. The van der Waals surface area contributed by atoms with E-state index in [0.717, 1.165) is 6.42 Å². The third-order valence-electron chi connectivity index (χ3n) is 2.68. The Bertz CT molecular complexity index is 284. The molecule has 0 N–H and O–H groups in total. The lowest BCUT2D eigenvalue weighted by Crippen LogP contribution is -1.96. The molecule has 0 saturated carbocycles. The van der Waals surface area contributed by atoms with Crippen molar-refractivity contribution in [1.82, 2.24) is 4.98 Å². The summed E-state index contributed by atoms with van der Waals surface area (Å²) in [5.41, 5.74) is 2.89. The van der Waals surface area contributed by atoms with Crippen molar-refractivity contribution in [3.05, 3.63) is 29.6 Å². The van der Waals surface area contributed by atoms with Gasteiger partial charge in [-0.25, -0.2) is 0 Å². The summed E-state index contributed by atoms with van der Waals surface area (Å²) in [7, 11) is 0. The molecule has 0 fully saturated rings. The van der Waals surface area contributed by atoms with E-state index in [-0.39, 0.29) is 0 Å². The predicted molar refractivity (Wildman–Crippen MR) is 69.6 cm³/mol. The molecule has 1 atom stereocenters. The fourth-order valence-electron chi connectivity index (χ4n) is 1.76. The van der Waals surface area contributed by atoms with Crippen LogP contribution in [0.4, 0.5) is 0 Å². The molecule has 1 unspecified atom stereocenters. The van der Waals surface area contributed by atoms with E-state index < -0.39 is 0 Å². The van der Waals surface area contributed by atoms with Crippen molar-refractivity contribution in [1.29, 1.82) is 0 Å². The second-order valence-electron chi connectivity index (χ2n) is 4.02. The zero-order valence-corrected chi connectivity index (χ0v) is 11.3. The average Bonchev–Trinajstić information content (AvgIpc) is 2.24. The molecule has 0 amide bonds. The van der Waals surface area contributed by atoms with Crippen LogP contribution in [0.15, 0.2) is 18.5 Å². The van der Waals surface area contributed by atoms with E-state index >= 15 is 0 Å². The number of aryl methyl sites for hydroxylation is 2. The van der Waals surface area contributed by atoms with Crippen LogP contribution >= 0.6 is 15.9 Å². The van der Waals surface area contributed by atoms with Crippen LogP contribution in [0.5, 0.6) is 0 Å². The highest BCUT2D eigenvalue weighted by Crippen LogP contribution is 2.14. The molecule has 0 saturated heterocycles. The van der Waals surface area contributed by atoms with Crippen molar-refractivity contribution in [2.45, 2.75) is 50.8 Å². The molecule has 0 aliphatic rings. The van der Waals surface area contributed by atoms with Gasteiger partial charge in [-0.15, -0.1) is 0 Å². The number of halogens is 1. The summed E-state index contributed by atoms with van der Waals surface area (Å²) in [6.45, 7) is 4.41. The van der Waals surface area contributed by atoms with Crippen molar-refractivity contribution in [2.75, 3.05) is 0 Å². The number of unbranched alkanes of at least 4 members (excludes halogenated alkanes) is 1. The van der Waals surface area contributed by atoms with Crippen LogP contribution in [0.3, 0.4) is 0 Å². The highest BCUT2D eigenvalue weighted by Gasteiger charge is 2.01. The van der Waals surface area contributed by atoms with E-state index in [0.29, 0.717) is 4.83 Å². The van der Waals surface area contributed by atoms with Gasteiger partial charge >= 0.3 is 0 Å². The molecule has 0 radical (unpaired) electrons. The molecule has 2 heteroatoms. The lowest BCUT2D eigenvalue weighted by atomic mass is 10.0. The Hall–Kier alpha value is -0.370. The Morgan fingerprint density at radius 2 is 2.13 bits per heavy atom. The van der Waals surface area contributed by atoms with Gasteiger partial charge < -0.3 is 0 Å². The number of nitrogens with zero attached hydrogens (tertiary/aromatic N) is 1. The molecule has 1 aromatic heterocycles. The number of rotatable bonds is 6. The lowest BCUT2D eigenvalue weighted by Gasteiger charge is -2.07. The minimum Gasteiger partial charge on any atom is -0.264 e. The normalized spacial score (nSPS) is 12.7. The number of hydrogen-bond acceptors (Lipinski definition) is 1. The van der Waals surface area contributed by atoms with Crippen LogP contribution in [-0.4, -0.2) is 9.81 Å². The topological polar surface area (TPSA) is 12.9 Å². The molecule has 15 heavy (non-hydrogen) atoms. The van der Waals surface area contributed by atoms with Crippen molar-refractivity contribution in [2.24, 2.45) is 0 Å². The minimum absolute atomic E-state index is 0.653. The fraction of sp³-hybridized carbons (Fsp3) is 0.615. The number of aromatic nitrogens is 1. The molecule has 1 nitrogen and oxygen atoms in total. The maximum absolute atomic E-state index is 4.17. The van der Waals surface area contributed by atoms with Gasteiger partial charge in [0.2, 0.25) is 0 Å².